The summed E-state index contributed by atoms with van der Waals surface area (Å²) in [6.45, 7) is 2.33. The first-order valence-electron chi connectivity index (χ1n) is 8.98. The highest BCUT2D eigenvalue weighted by atomic mass is 16.2. The summed E-state index contributed by atoms with van der Waals surface area (Å²) >= 11 is 0. The van der Waals surface area contributed by atoms with Crippen LogP contribution >= 0.6 is 0 Å². The van der Waals surface area contributed by atoms with Crippen LogP contribution in [0.25, 0.3) is 0 Å². The Morgan fingerprint density at radius 2 is 2.00 bits per heavy atom. The number of rotatable bonds is 6. The van der Waals surface area contributed by atoms with Gasteiger partial charge in [-0.25, -0.2) is 4.68 Å². The third kappa shape index (κ3) is 4.42. The molecule has 3 rings (SSSR count). The molecule has 1 aromatic carbocycles. The van der Waals surface area contributed by atoms with Crippen molar-refractivity contribution in [1.82, 2.24) is 25.1 Å². The molecule has 1 fully saturated rings. The summed E-state index contributed by atoms with van der Waals surface area (Å²) in [4.78, 5) is 14.2. The van der Waals surface area contributed by atoms with Gasteiger partial charge in [0.25, 0.3) is 0 Å². The molecule has 0 radical (unpaired) electrons. The fourth-order valence-electron chi connectivity index (χ4n) is 3.34. The lowest BCUT2D eigenvalue weighted by atomic mass is 9.95. The van der Waals surface area contributed by atoms with E-state index in [9.17, 15) is 4.79 Å². The number of nitrogens with zero attached hydrogens (tertiary/aromatic N) is 5. The van der Waals surface area contributed by atoms with Crippen molar-refractivity contribution in [1.29, 1.82) is 0 Å². The number of nitrogens with one attached hydrogen (secondary N) is 1. The maximum absolute atomic E-state index is 12.3. The molecule has 1 N–H and O–H groups in total. The lowest BCUT2D eigenvalue weighted by Gasteiger charge is -2.27. The van der Waals surface area contributed by atoms with Gasteiger partial charge in [0.15, 0.2) is 5.82 Å². The molecule has 134 valence electrons. The minimum absolute atomic E-state index is 0.0292. The van der Waals surface area contributed by atoms with E-state index >= 15 is 0 Å². The summed E-state index contributed by atoms with van der Waals surface area (Å²) in [6.07, 6.45) is 6.01. The van der Waals surface area contributed by atoms with Crippen LogP contribution in [0, 0.1) is 0 Å². The number of amides is 1. The minimum Gasteiger partial charge on any atom is -0.325 e. The predicted octanol–water partition coefficient (Wildman–Crippen LogP) is 2.81. The van der Waals surface area contributed by atoms with E-state index in [0.717, 1.165) is 24.4 Å². The molecule has 1 aromatic heterocycles. The van der Waals surface area contributed by atoms with Crippen molar-refractivity contribution in [2.45, 2.75) is 51.1 Å². The summed E-state index contributed by atoms with van der Waals surface area (Å²) < 4.78 is 1.97. The molecule has 25 heavy (non-hydrogen) atoms. The van der Waals surface area contributed by atoms with Gasteiger partial charge in [0.05, 0.1) is 18.6 Å². The molecule has 7 heteroatoms. The zero-order valence-corrected chi connectivity index (χ0v) is 14.9. The Bertz CT molecular complexity index is 680. The number of hydrogen-bond donors (Lipinski definition) is 1. The number of carbonyl (C=O) groups is 1. The summed E-state index contributed by atoms with van der Waals surface area (Å²) in [7, 11) is 1.93. The second-order valence-electron chi connectivity index (χ2n) is 6.78. The first-order valence-corrected chi connectivity index (χ1v) is 8.98. The first-order chi connectivity index (χ1) is 12.1. The van der Waals surface area contributed by atoms with Crippen LogP contribution < -0.4 is 5.32 Å². The van der Waals surface area contributed by atoms with Crippen molar-refractivity contribution >= 4 is 11.6 Å². The van der Waals surface area contributed by atoms with E-state index in [1.165, 1.54) is 19.3 Å². The van der Waals surface area contributed by atoms with Crippen LogP contribution in [-0.2, 0) is 4.79 Å². The quantitative estimate of drug-likeness (QED) is 0.873. The monoisotopic (exact) mass is 342 g/mol. The number of carbonyl (C=O) groups excluding carboxylic acids is 1. The summed E-state index contributed by atoms with van der Waals surface area (Å²) in [6, 6.07) is 9.84. The third-order valence-electron chi connectivity index (χ3n) is 4.92. The molecule has 0 unspecified atom stereocenters. The lowest BCUT2D eigenvalue weighted by Crippen LogP contribution is -2.34. The predicted molar refractivity (Wildman–Crippen MR) is 96.1 cm³/mol. The largest absolute Gasteiger partial charge is 0.325 e. The Morgan fingerprint density at radius 1 is 1.28 bits per heavy atom. The minimum atomic E-state index is -0.0442. The first kappa shape index (κ1) is 17.5. The van der Waals surface area contributed by atoms with E-state index in [-0.39, 0.29) is 18.5 Å². The van der Waals surface area contributed by atoms with Gasteiger partial charge in [-0.2, -0.15) is 0 Å². The molecule has 0 spiro atoms. The van der Waals surface area contributed by atoms with Gasteiger partial charge in [0.2, 0.25) is 5.91 Å². The van der Waals surface area contributed by atoms with Crippen LogP contribution in [0.3, 0.4) is 0 Å². The van der Waals surface area contributed by atoms with Crippen LogP contribution in [0.4, 0.5) is 5.69 Å². The molecule has 7 nitrogen and oxygen atoms in total. The average Bonchev–Trinajstić information content (AvgIpc) is 3.12. The van der Waals surface area contributed by atoms with Gasteiger partial charge in [-0.1, -0.05) is 37.5 Å². The van der Waals surface area contributed by atoms with E-state index in [1.54, 1.807) is 0 Å². The van der Waals surface area contributed by atoms with Crippen LogP contribution in [0.5, 0.6) is 0 Å². The third-order valence-corrected chi connectivity index (χ3v) is 4.92. The summed E-state index contributed by atoms with van der Waals surface area (Å²) in [5.41, 5.74) is 0.806. The topological polar surface area (TPSA) is 75.9 Å². The van der Waals surface area contributed by atoms with Crippen LogP contribution in [0.2, 0.25) is 0 Å². The highest BCUT2D eigenvalue weighted by Crippen LogP contribution is 2.29. The van der Waals surface area contributed by atoms with Crippen LogP contribution in [-0.4, -0.2) is 44.6 Å². The number of hydrogen-bond acceptors (Lipinski definition) is 5. The van der Waals surface area contributed by atoms with E-state index < -0.39 is 0 Å². The van der Waals surface area contributed by atoms with Gasteiger partial charge >= 0.3 is 0 Å². The SMILES string of the molecule is C[C@H](c1nnnn1C1CCCCC1)N(C)CC(=O)Nc1ccccc1. The Kier molecular flexibility index (Phi) is 5.75. The van der Waals surface area contributed by atoms with Crippen molar-refractivity contribution < 1.29 is 4.79 Å². The molecular weight excluding hydrogens is 316 g/mol. The maximum atomic E-state index is 12.3. The zero-order valence-electron chi connectivity index (χ0n) is 14.9. The molecular formula is C18H26N6O. The Hall–Kier alpha value is -2.28. The molecule has 1 heterocycles. The Balaban J connectivity index is 1.61. The lowest BCUT2D eigenvalue weighted by molar-refractivity contribution is -0.117. The van der Waals surface area contributed by atoms with Crippen molar-refractivity contribution in [2.75, 3.05) is 18.9 Å². The molecule has 0 bridgehead atoms. The standard InChI is InChI=1S/C18H26N6O/c1-14(18-20-21-22-24(18)16-11-7-4-8-12-16)23(2)13-17(25)19-15-9-5-3-6-10-15/h3,5-6,9-10,14,16H,4,7-8,11-13H2,1-2H3,(H,19,25)/t14-/m1/s1. The number of anilines is 1. The van der Waals surface area contributed by atoms with Gasteiger partial charge in [0.1, 0.15) is 0 Å². The molecule has 1 aliphatic rings. The summed E-state index contributed by atoms with van der Waals surface area (Å²) in [5.74, 6) is 0.791. The van der Waals surface area contributed by atoms with Gasteiger partial charge in [-0.3, -0.25) is 9.69 Å². The highest BCUT2D eigenvalue weighted by Gasteiger charge is 2.25. The molecule has 1 saturated carbocycles. The van der Waals surface area contributed by atoms with Gasteiger partial charge in [-0.05, 0) is 49.4 Å². The number of para-hydroxylation sites is 1. The van der Waals surface area contributed by atoms with Crippen LogP contribution in [0.1, 0.15) is 56.9 Å². The summed E-state index contributed by atoms with van der Waals surface area (Å²) in [5, 5.41) is 15.2. The number of likely N-dealkylation sites (N-methyl/N-ethyl adjacent to an activating group) is 1. The number of tetrazole rings is 1. The molecule has 1 amide bonds. The second-order valence-corrected chi connectivity index (χ2v) is 6.78. The van der Waals surface area contributed by atoms with Crippen molar-refractivity contribution in [3.05, 3.63) is 36.2 Å². The second kappa shape index (κ2) is 8.20. The molecule has 1 aliphatic carbocycles. The fourth-order valence-corrected chi connectivity index (χ4v) is 3.34. The van der Waals surface area contributed by atoms with E-state index in [1.807, 2.05) is 53.9 Å². The smallest absolute Gasteiger partial charge is 0.238 e. The molecule has 1 atom stereocenters. The van der Waals surface area contributed by atoms with Crippen molar-refractivity contribution in [3.8, 4) is 0 Å². The van der Waals surface area contributed by atoms with Gasteiger partial charge in [0, 0.05) is 5.69 Å². The molecule has 0 aliphatic heterocycles. The van der Waals surface area contributed by atoms with E-state index in [2.05, 4.69) is 20.8 Å². The van der Waals surface area contributed by atoms with Gasteiger partial charge in [-0.15, -0.1) is 5.10 Å². The molecule has 0 saturated heterocycles. The van der Waals surface area contributed by atoms with E-state index in [0.29, 0.717) is 6.04 Å². The fraction of sp³-hybridized carbons (Fsp3) is 0.556. The Morgan fingerprint density at radius 3 is 2.72 bits per heavy atom. The normalized spacial score (nSPS) is 16.8. The zero-order chi connectivity index (χ0) is 17.6. The number of benzene rings is 1. The van der Waals surface area contributed by atoms with E-state index in [4.69, 9.17) is 0 Å². The van der Waals surface area contributed by atoms with Crippen LogP contribution in [0.15, 0.2) is 30.3 Å². The average molecular weight is 342 g/mol. The van der Waals surface area contributed by atoms with Crippen molar-refractivity contribution in [2.24, 2.45) is 0 Å². The number of aromatic nitrogens is 4. The molecule has 2 aromatic rings. The maximum Gasteiger partial charge on any atom is 0.238 e. The van der Waals surface area contributed by atoms with Gasteiger partial charge < -0.3 is 5.32 Å². The van der Waals surface area contributed by atoms with Crippen molar-refractivity contribution in [3.63, 3.8) is 0 Å². The highest BCUT2D eigenvalue weighted by molar-refractivity contribution is 5.92. The Labute approximate surface area is 148 Å².